The van der Waals surface area contributed by atoms with Gasteiger partial charge in [-0.15, -0.1) is 0 Å². The van der Waals surface area contributed by atoms with E-state index in [-0.39, 0.29) is 28.7 Å². The third-order valence-electron chi connectivity index (χ3n) is 11.6. The molecule has 4 aromatic carbocycles. The molecule has 11 heteroatoms. The van der Waals surface area contributed by atoms with E-state index in [0.29, 0.717) is 0 Å². The summed E-state index contributed by atoms with van der Waals surface area (Å²) in [4.78, 5) is 69.5. The van der Waals surface area contributed by atoms with E-state index in [9.17, 15) is 24.0 Å². The molecule has 0 amide bonds. The fourth-order valence-corrected chi connectivity index (χ4v) is 9.29. The van der Waals surface area contributed by atoms with Crippen LogP contribution in [-0.2, 0) is 33.2 Å². The smallest absolute Gasteiger partial charge is 0.338 e. The van der Waals surface area contributed by atoms with Gasteiger partial charge in [-0.1, -0.05) is 79.7 Å². The lowest BCUT2D eigenvalue weighted by Gasteiger charge is -2.63. The van der Waals surface area contributed by atoms with Crippen LogP contribution in [0, 0.1) is 17.3 Å². The van der Waals surface area contributed by atoms with Crippen molar-refractivity contribution in [3.05, 3.63) is 144 Å². The number of carbonyl (C=O) groups is 5. The van der Waals surface area contributed by atoms with Gasteiger partial charge in [0, 0.05) is 6.92 Å². The summed E-state index contributed by atoms with van der Waals surface area (Å²) in [5, 5.41) is 0. The molecule has 0 N–H and O–H groups in total. The molecule has 4 aromatic rings. The van der Waals surface area contributed by atoms with E-state index in [1.807, 2.05) is 6.92 Å². The van der Waals surface area contributed by atoms with Gasteiger partial charge in [-0.05, 0) is 81.6 Å². The van der Waals surface area contributed by atoms with Gasteiger partial charge in [0.05, 0.1) is 39.2 Å². The summed E-state index contributed by atoms with van der Waals surface area (Å²) in [6, 6.07) is 33.3. The van der Waals surface area contributed by atoms with Crippen LogP contribution in [0.5, 0.6) is 0 Å². The minimum atomic E-state index is -1.73. The average molecular weight is 761 g/mol. The number of esters is 5. The van der Waals surface area contributed by atoms with E-state index in [1.165, 1.54) is 6.92 Å². The van der Waals surface area contributed by atoms with Crippen molar-refractivity contribution in [3.8, 4) is 0 Å². The standard InChI is InChI=1S/C45H44O11/c1-27-26-33(52-39(47)29-18-10-6-11-19-29)36(54-41(49)31-22-14-8-15-23-31)44(5)38(55-42(50)32-24-16-9-17-25-32)35(53-40(48)30-20-12-7-13-21-30)34-37(51-28(2)46)45(27,44)56-43(34,3)4/h6-25,27,33-38H,26H2,1-5H3/t27?,33-,34+,35+,36-,37+,38+,44-,45?/m0/s1. The number of benzene rings is 4. The van der Waals surface area contributed by atoms with Crippen LogP contribution in [0.3, 0.4) is 0 Å². The molecule has 290 valence electrons. The second-order valence-corrected chi connectivity index (χ2v) is 15.4. The topological polar surface area (TPSA) is 141 Å². The maximum Gasteiger partial charge on any atom is 0.338 e. The zero-order valence-corrected chi connectivity index (χ0v) is 31.8. The minimum absolute atomic E-state index is 0.0925. The summed E-state index contributed by atoms with van der Waals surface area (Å²) < 4.78 is 39.2. The zero-order valence-electron chi connectivity index (χ0n) is 31.8. The van der Waals surface area contributed by atoms with Crippen molar-refractivity contribution in [2.75, 3.05) is 0 Å². The largest absolute Gasteiger partial charge is 0.459 e. The van der Waals surface area contributed by atoms with Crippen molar-refractivity contribution < 1.29 is 52.4 Å². The average Bonchev–Trinajstić information content (AvgIpc) is 3.40. The summed E-state index contributed by atoms with van der Waals surface area (Å²) in [6.45, 7) is 8.45. The Morgan fingerprint density at radius 3 is 1.36 bits per heavy atom. The molecule has 0 aromatic heterocycles. The summed E-state index contributed by atoms with van der Waals surface area (Å²) in [6.07, 6.45) is -6.35. The van der Waals surface area contributed by atoms with Gasteiger partial charge in [0.2, 0.25) is 0 Å². The molecule has 2 bridgehead atoms. The first-order valence-electron chi connectivity index (χ1n) is 18.7. The highest BCUT2D eigenvalue weighted by molar-refractivity contribution is 5.92. The van der Waals surface area contributed by atoms with Crippen molar-refractivity contribution in [3.63, 3.8) is 0 Å². The van der Waals surface area contributed by atoms with Gasteiger partial charge >= 0.3 is 29.8 Å². The van der Waals surface area contributed by atoms with Gasteiger partial charge in [-0.2, -0.15) is 0 Å². The Kier molecular flexibility index (Phi) is 10.3. The molecule has 2 saturated carbocycles. The normalized spacial score (nSPS) is 29.8. The van der Waals surface area contributed by atoms with Crippen molar-refractivity contribution in [2.24, 2.45) is 17.3 Å². The molecular formula is C45H44O11. The van der Waals surface area contributed by atoms with Crippen LogP contribution in [-0.4, -0.2) is 71.6 Å². The van der Waals surface area contributed by atoms with Crippen molar-refractivity contribution >= 4 is 29.8 Å². The van der Waals surface area contributed by atoms with Gasteiger partial charge in [0.15, 0.2) is 12.2 Å². The highest BCUT2D eigenvalue weighted by Crippen LogP contribution is 2.68. The number of ether oxygens (including phenoxy) is 6. The SMILES string of the molecule is CC(=O)O[C@@H]1[C@H]2[C@@H](OC(=O)c3ccccc3)[C@@H](OC(=O)c3ccccc3)[C@]3(C)[C@@H](OC(=O)c4ccccc4)[C@@H](OC(=O)c4ccccc4)CC(C)C13OC2(C)C. The second-order valence-electron chi connectivity index (χ2n) is 15.4. The fraction of sp³-hybridized carbons (Fsp3) is 0.356. The molecular weight excluding hydrogens is 716 g/mol. The molecule has 2 unspecified atom stereocenters. The second kappa shape index (κ2) is 15.0. The van der Waals surface area contributed by atoms with E-state index < -0.39 is 88.8 Å². The Labute approximate surface area is 325 Å². The highest BCUT2D eigenvalue weighted by Gasteiger charge is 2.84. The Bertz CT molecular complexity index is 2090. The molecule has 0 radical (unpaired) electrons. The lowest BCUT2D eigenvalue weighted by molar-refractivity contribution is -0.310. The molecule has 1 spiro atoms. The van der Waals surface area contributed by atoms with Crippen LogP contribution in [0.25, 0.3) is 0 Å². The molecule has 1 saturated heterocycles. The third kappa shape index (κ3) is 6.63. The van der Waals surface area contributed by atoms with E-state index >= 15 is 0 Å². The van der Waals surface area contributed by atoms with Crippen molar-refractivity contribution in [1.82, 2.24) is 0 Å². The van der Waals surface area contributed by atoms with Crippen molar-refractivity contribution in [1.29, 1.82) is 0 Å². The number of hydrogen-bond acceptors (Lipinski definition) is 11. The molecule has 56 heavy (non-hydrogen) atoms. The van der Waals surface area contributed by atoms with Crippen LogP contribution < -0.4 is 0 Å². The molecule has 3 aliphatic rings. The molecule has 1 aliphatic heterocycles. The molecule has 3 fully saturated rings. The number of hydrogen-bond donors (Lipinski definition) is 0. The van der Waals surface area contributed by atoms with E-state index in [2.05, 4.69) is 0 Å². The molecule has 7 rings (SSSR count). The van der Waals surface area contributed by atoms with Crippen LogP contribution in [0.1, 0.15) is 82.5 Å². The number of carbonyl (C=O) groups excluding carboxylic acids is 5. The zero-order chi connectivity index (χ0) is 39.8. The Morgan fingerprint density at radius 1 is 0.536 bits per heavy atom. The Hall–Kier alpha value is -5.81. The first-order valence-corrected chi connectivity index (χ1v) is 18.7. The predicted molar refractivity (Wildman–Crippen MR) is 201 cm³/mol. The lowest BCUT2D eigenvalue weighted by atomic mass is 9.47. The summed E-state index contributed by atoms with van der Waals surface area (Å²) >= 11 is 0. The Balaban J connectivity index is 1.46. The van der Waals surface area contributed by atoms with E-state index in [1.54, 1.807) is 142 Å². The Morgan fingerprint density at radius 2 is 0.929 bits per heavy atom. The molecule has 9 atom stereocenters. The van der Waals surface area contributed by atoms with Gasteiger partial charge < -0.3 is 28.4 Å². The summed E-state index contributed by atoms with van der Waals surface area (Å²) in [5.74, 6) is -5.02. The van der Waals surface area contributed by atoms with Crippen LogP contribution >= 0.6 is 0 Å². The predicted octanol–water partition coefficient (Wildman–Crippen LogP) is 7.04. The molecule has 2 aliphatic carbocycles. The number of rotatable bonds is 9. The van der Waals surface area contributed by atoms with Gasteiger partial charge in [-0.25, -0.2) is 19.2 Å². The quantitative estimate of drug-likeness (QED) is 0.128. The van der Waals surface area contributed by atoms with Crippen LogP contribution in [0.4, 0.5) is 0 Å². The maximum atomic E-state index is 14.3. The monoisotopic (exact) mass is 760 g/mol. The lowest BCUT2D eigenvalue weighted by Crippen LogP contribution is -2.79. The first-order chi connectivity index (χ1) is 26.8. The summed E-state index contributed by atoms with van der Waals surface area (Å²) in [5.41, 5.74) is -3.56. The number of fused-ring (bicyclic) bond motifs is 1. The first kappa shape index (κ1) is 38.5. The molecule has 11 nitrogen and oxygen atoms in total. The maximum absolute atomic E-state index is 14.3. The van der Waals surface area contributed by atoms with E-state index in [4.69, 9.17) is 28.4 Å². The minimum Gasteiger partial charge on any atom is -0.459 e. The third-order valence-corrected chi connectivity index (χ3v) is 11.6. The van der Waals surface area contributed by atoms with Gasteiger partial charge in [0.1, 0.15) is 23.9 Å². The highest BCUT2D eigenvalue weighted by atomic mass is 16.6. The van der Waals surface area contributed by atoms with Crippen molar-refractivity contribution in [2.45, 2.75) is 82.8 Å². The summed E-state index contributed by atoms with van der Waals surface area (Å²) in [7, 11) is 0. The van der Waals surface area contributed by atoms with Gasteiger partial charge in [-0.3, -0.25) is 4.79 Å². The molecule has 1 heterocycles. The van der Waals surface area contributed by atoms with Gasteiger partial charge in [0.25, 0.3) is 0 Å². The van der Waals surface area contributed by atoms with Crippen LogP contribution in [0.15, 0.2) is 121 Å². The van der Waals surface area contributed by atoms with Crippen LogP contribution in [0.2, 0.25) is 0 Å². The van der Waals surface area contributed by atoms with E-state index in [0.717, 1.165) is 0 Å². The fourth-order valence-electron chi connectivity index (χ4n) is 9.29.